The lowest BCUT2D eigenvalue weighted by molar-refractivity contribution is -0.142. The molecule has 0 aromatic heterocycles. The highest BCUT2D eigenvalue weighted by Crippen LogP contribution is 2.07. The monoisotopic (exact) mass is 262 g/mol. The maximum absolute atomic E-state index is 11.7. The fraction of sp³-hybridized carbons (Fsp3) is 0.800. The van der Waals surface area contributed by atoms with Crippen LogP contribution in [0.25, 0.3) is 0 Å². The summed E-state index contributed by atoms with van der Waals surface area (Å²) in [6.07, 6.45) is 2.09. The zero-order valence-electron chi connectivity index (χ0n) is 9.68. The highest BCUT2D eigenvalue weighted by atomic mass is 32.2. The normalized spacial score (nSPS) is 25.5. The summed E-state index contributed by atoms with van der Waals surface area (Å²) in [5, 5.41) is 23.6. The predicted molar refractivity (Wildman–Crippen MR) is 65.0 cm³/mol. The predicted octanol–water partition coefficient (Wildman–Crippen LogP) is -0.968. The van der Waals surface area contributed by atoms with Crippen molar-refractivity contribution in [1.82, 2.24) is 10.6 Å². The van der Waals surface area contributed by atoms with E-state index in [0.29, 0.717) is 25.1 Å². The quantitative estimate of drug-likeness (QED) is 0.492. The van der Waals surface area contributed by atoms with E-state index >= 15 is 0 Å². The Morgan fingerprint density at radius 1 is 1.59 bits per heavy atom. The fourth-order valence-corrected chi connectivity index (χ4v) is 2.15. The minimum absolute atomic E-state index is 0.334. The molecule has 0 aliphatic carbocycles. The average molecular weight is 262 g/mol. The molecule has 1 heterocycles. The maximum Gasteiger partial charge on any atom is 0.326 e. The van der Waals surface area contributed by atoms with Crippen LogP contribution in [0.4, 0.5) is 0 Å². The molecule has 1 aliphatic rings. The van der Waals surface area contributed by atoms with Gasteiger partial charge in [-0.3, -0.25) is 4.79 Å². The van der Waals surface area contributed by atoms with Crippen LogP contribution in [0, 0.1) is 0 Å². The average Bonchev–Trinajstić information content (AvgIpc) is 2.70. The number of carbonyl (C=O) groups excluding carboxylic acids is 1. The number of thioether (sulfide) groups is 1. The van der Waals surface area contributed by atoms with E-state index in [1.807, 2.05) is 6.26 Å². The van der Waals surface area contributed by atoms with Crippen molar-refractivity contribution in [2.45, 2.75) is 31.0 Å². The van der Waals surface area contributed by atoms with Crippen molar-refractivity contribution in [3.63, 3.8) is 0 Å². The van der Waals surface area contributed by atoms with Gasteiger partial charge in [-0.2, -0.15) is 11.8 Å². The number of rotatable bonds is 6. The summed E-state index contributed by atoms with van der Waals surface area (Å²) >= 11 is 1.54. The van der Waals surface area contributed by atoms with Crippen LogP contribution in [-0.2, 0) is 9.59 Å². The van der Waals surface area contributed by atoms with Crippen LogP contribution in [0.2, 0.25) is 0 Å². The topological polar surface area (TPSA) is 98.7 Å². The van der Waals surface area contributed by atoms with E-state index in [0.717, 1.165) is 0 Å². The summed E-state index contributed by atoms with van der Waals surface area (Å²) in [4.78, 5) is 22.6. The number of hydrogen-bond donors (Lipinski definition) is 4. The molecule has 1 rings (SSSR count). The minimum Gasteiger partial charge on any atom is -0.480 e. The van der Waals surface area contributed by atoms with Gasteiger partial charge in [0.05, 0.1) is 12.1 Å². The zero-order chi connectivity index (χ0) is 12.8. The van der Waals surface area contributed by atoms with Crippen molar-refractivity contribution in [3.8, 4) is 0 Å². The molecule has 1 fully saturated rings. The molecule has 0 radical (unpaired) electrons. The smallest absolute Gasteiger partial charge is 0.326 e. The van der Waals surface area contributed by atoms with Crippen LogP contribution in [-0.4, -0.2) is 58.8 Å². The molecule has 6 nitrogen and oxygen atoms in total. The number of aliphatic carboxylic acids is 1. The van der Waals surface area contributed by atoms with Gasteiger partial charge >= 0.3 is 5.97 Å². The Morgan fingerprint density at radius 2 is 2.29 bits per heavy atom. The number of β-amino-alcohol motifs (C(OH)–C–C–N with tert-alkyl or cyclic N) is 1. The number of aliphatic hydroxyl groups is 1. The Kier molecular flexibility index (Phi) is 5.73. The van der Waals surface area contributed by atoms with E-state index < -0.39 is 24.2 Å². The third kappa shape index (κ3) is 4.53. The number of nitrogens with one attached hydrogen (secondary N) is 2. The molecular weight excluding hydrogens is 244 g/mol. The van der Waals surface area contributed by atoms with Gasteiger partial charge in [0.15, 0.2) is 0 Å². The van der Waals surface area contributed by atoms with Crippen LogP contribution in [0.15, 0.2) is 0 Å². The van der Waals surface area contributed by atoms with Crippen molar-refractivity contribution in [3.05, 3.63) is 0 Å². The summed E-state index contributed by atoms with van der Waals surface area (Å²) in [6, 6.07) is -1.34. The molecule has 0 saturated carbocycles. The lowest BCUT2D eigenvalue weighted by atomic mass is 10.1. The van der Waals surface area contributed by atoms with Crippen LogP contribution in [0.1, 0.15) is 12.8 Å². The first-order valence-electron chi connectivity index (χ1n) is 5.48. The first-order chi connectivity index (χ1) is 8.04. The standard InChI is InChI=1S/C10H18N2O4S/c1-17-3-2-7(10(15)16)12-9(14)8-4-6(13)5-11-8/h6-8,11,13H,2-5H2,1H3,(H,12,14)(H,15,16)/t6?,7-,8?/m1/s1. The second-order valence-electron chi connectivity index (χ2n) is 4.03. The highest BCUT2D eigenvalue weighted by molar-refractivity contribution is 7.98. The van der Waals surface area contributed by atoms with Crippen LogP contribution < -0.4 is 10.6 Å². The number of hydrogen-bond acceptors (Lipinski definition) is 5. The Hall–Kier alpha value is -0.790. The summed E-state index contributed by atoms with van der Waals surface area (Å²) in [5.41, 5.74) is 0. The maximum atomic E-state index is 11.7. The van der Waals surface area contributed by atoms with Gasteiger partial charge in [-0.05, 0) is 24.9 Å². The molecule has 3 atom stereocenters. The van der Waals surface area contributed by atoms with Crippen molar-refractivity contribution in [1.29, 1.82) is 0 Å². The molecule has 0 bridgehead atoms. The van der Waals surface area contributed by atoms with Gasteiger partial charge in [0.25, 0.3) is 0 Å². The van der Waals surface area contributed by atoms with Crippen molar-refractivity contribution >= 4 is 23.6 Å². The summed E-state index contributed by atoms with van der Waals surface area (Å²) < 4.78 is 0. The molecule has 1 saturated heterocycles. The second kappa shape index (κ2) is 6.83. The van der Waals surface area contributed by atoms with Crippen LogP contribution >= 0.6 is 11.8 Å². The highest BCUT2D eigenvalue weighted by Gasteiger charge is 2.30. The molecule has 98 valence electrons. The van der Waals surface area contributed by atoms with Gasteiger partial charge in [-0.1, -0.05) is 0 Å². The van der Waals surface area contributed by atoms with E-state index in [4.69, 9.17) is 5.11 Å². The molecule has 0 spiro atoms. The largest absolute Gasteiger partial charge is 0.480 e. The molecule has 4 N–H and O–H groups in total. The number of carbonyl (C=O) groups is 2. The Bertz CT molecular complexity index is 287. The Morgan fingerprint density at radius 3 is 2.76 bits per heavy atom. The molecule has 7 heteroatoms. The zero-order valence-corrected chi connectivity index (χ0v) is 10.5. The molecule has 17 heavy (non-hydrogen) atoms. The van der Waals surface area contributed by atoms with Crippen LogP contribution in [0.5, 0.6) is 0 Å². The third-order valence-electron chi connectivity index (χ3n) is 2.65. The van der Waals surface area contributed by atoms with Crippen LogP contribution in [0.3, 0.4) is 0 Å². The Balaban J connectivity index is 2.43. The minimum atomic E-state index is -1.02. The molecule has 0 aromatic rings. The third-order valence-corrected chi connectivity index (χ3v) is 3.29. The van der Waals surface area contributed by atoms with Crippen molar-refractivity contribution in [2.75, 3.05) is 18.6 Å². The SMILES string of the molecule is CSCC[C@@H](NC(=O)C1CC(O)CN1)C(=O)O. The summed E-state index contributed by atoms with van der Waals surface area (Å²) in [5.74, 6) is -0.696. The first-order valence-corrected chi connectivity index (χ1v) is 6.87. The lowest BCUT2D eigenvalue weighted by Crippen LogP contribution is -2.48. The number of aliphatic hydroxyl groups excluding tert-OH is 1. The molecule has 2 unspecified atom stereocenters. The van der Waals surface area contributed by atoms with Crippen molar-refractivity contribution in [2.24, 2.45) is 0 Å². The lowest BCUT2D eigenvalue weighted by Gasteiger charge is -2.17. The van der Waals surface area contributed by atoms with E-state index in [2.05, 4.69) is 10.6 Å². The number of carboxylic acids is 1. The van der Waals surface area contributed by atoms with E-state index in [1.54, 1.807) is 0 Å². The molecule has 1 aliphatic heterocycles. The second-order valence-corrected chi connectivity index (χ2v) is 5.02. The number of carboxylic acid groups (broad SMARTS) is 1. The molecule has 1 amide bonds. The van der Waals surface area contributed by atoms with Crippen molar-refractivity contribution < 1.29 is 19.8 Å². The fourth-order valence-electron chi connectivity index (χ4n) is 1.68. The van der Waals surface area contributed by atoms with Gasteiger partial charge in [0.2, 0.25) is 5.91 Å². The van der Waals surface area contributed by atoms with E-state index in [9.17, 15) is 14.7 Å². The van der Waals surface area contributed by atoms with E-state index in [1.165, 1.54) is 11.8 Å². The summed E-state index contributed by atoms with van der Waals surface area (Å²) in [6.45, 7) is 0.376. The van der Waals surface area contributed by atoms with Gasteiger partial charge < -0.3 is 20.8 Å². The van der Waals surface area contributed by atoms with Gasteiger partial charge in [-0.15, -0.1) is 0 Å². The van der Waals surface area contributed by atoms with Gasteiger partial charge in [-0.25, -0.2) is 4.79 Å². The number of amides is 1. The molecular formula is C10H18N2O4S. The van der Waals surface area contributed by atoms with Gasteiger partial charge in [0, 0.05) is 6.54 Å². The summed E-state index contributed by atoms with van der Waals surface area (Å²) in [7, 11) is 0. The molecule has 0 aromatic carbocycles. The first kappa shape index (κ1) is 14.3. The van der Waals surface area contributed by atoms with Gasteiger partial charge in [0.1, 0.15) is 6.04 Å². The van der Waals surface area contributed by atoms with E-state index in [-0.39, 0.29) is 5.91 Å². The Labute approximate surface area is 104 Å².